The Hall–Kier alpha value is -2.93. The number of carbonyl (C=O) groups is 1. The maximum Gasteiger partial charge on any atom is 0.311 e. The summed E-state index contributed by atoms with van der Waals surface area (Å²) in [6.45, 7) is 7.30. The van der Waals surface area contributed by atoms with E-state index in [1.165, 1.54) is 25.3 Å². The van der Waals surface area contributed by atoms with Crippen LogP contribution in [0.3, 0.4) is 0 Å². The number of hydrogen-bond donors (Lipinski definition) is 1. The molecule has 7 heteroatoms. The van der Waals surface area contributed by atoms with Crippen LogP contribution < -0.4 is 10.1 Å². The standard InChI is InChI=1S/C20H25N3O4/c1-4-22(5-2)14-17-9-7-6-8-16(17)13-21-20(24)15-10-11-19(27-3)18(12-15)23(25)26/h6-12H,4-5,13-14H2,1-3H3,(H,21,24). The average Bonchev–Trinajstić information content (AvgIpc) is 2.70. The Balaban J connectivity index is 2.12. The summed E-state index contributed by atoms with van der Waals surface area (Å²) in [5, 5.41) is 14.0. The molecule has 0 saturated heterocycles. The molecule has 1 N–H and O–H groups in total. The predicted molar refractivity (Wildman–Crippen MR) is 104 cm³/mol. The highest BCUT2D eigenvalue weighted by Gasteiger charge is 2.18. The summed E-state index contributed by atoms with van der Waals surface area (Å²) in [4.78, 5) is 25.3. The second kappa shape index (κ2) is 9.68. The Morgan fingerprint density at radius 2 is 1.81 bits per heavy atom. The Labute approximate surface area is 159 Å². The fourth-order valence-corrected chi connectivity index (χ4v) is 2.82. The smallest absolute Gasteiger partial charge is 0.311 e. The van der Waals surface area contributed by atoms with Gasteiger partial charge in [-0.2, -0.15) is 0 Å². The lowest BCUT2D eigenvalue weighted by molar-refractivity contribution is -0.385. The lowest BCUT2D eigenvalue weighted by Crippen LogP contribution is -2.26. The maximum absolute atomic E-state index is 12.5. The Morgan fingerprint density at radius 3 is 2.41 bits per heavy atom. The van der Waals surface area contributed by atoms with Gasteiger partial charge in [-0.25, -0.2) is 0 Å². The first kappa shape index (κ1) is 20.4. The van der Waals surface area contributed by atoms with E-state index < -0.39 is 4.92 Å². The van der Waals surface area contributed by atoms with Gasteiger partial charge in [0.2, 0.25) is 0 Å². The molecule has 0 aliphatic heterocycles. The zero-order valence-electron chi connectivity index (χ0n) is 15.9. The van der Waals surface area contributed by atoms with Crippen LogP contribution in [0.1, 0.15) is 35.3 Å². The van der Waals surface area contributed by atoms with Crippen molar-refractivity contribution in [2.24, 2.45) is 0 Å². The van der Waals surface area contributed by atoms with E-state index in [2.05, 4.69) is 30.1 Å². The summed E-state index contributed by atoms with van der Waals surface area (Å²) < 4.78 is 4.97. The molecule has 2 aromatic carbocycles. The van der Waals surface area contributed by atoms with Crippen molar-refractivity contribution in [3.63, 3.8) is 0 Å². The molecule has 7 nitrogen and oxygen atoms in total. The molecule has 0 bridgehead atoms. The van der Waals surface area contributed by atoms with Gasteiger partial charge >= 0.3 is 5.69 Å². The van der Waals surface area contributed by atoms with Crippen molar-refractivity contribution in [1.29, 1.82) is 0 Å². The Bertz CT molecular complexity index is 804. The van der Waals surface area contributed by atoms with Gasteiger partial charge in [0.05, 0.1) is 12.0 Å². The van der Waals surface area contributed by atoms with Gasteiger partial charge in [-0.1, -0.05) is 38.1 Å². The maximum atomic E-state index is 12.5. The second-order valence-electron chi connectivity index (χ2n) is 6.06. The number of nitrogens with one attached hydrogen (secondary N) is 1. The molecular formula is C20H25N3O4. The van der Waals surface area contributed by atoms with Crippen LogP contribution in [0, 0.1) is 10.1 Å². The number of hydrogen-bond acceptors (Lipinski definition) is 5. The van der Waals surface area contributed by atoms with E-state index in [0.29, 0.717) is 6.54 Å². The van der Waals surface area contributed by atoms with Crippen molar-refractivity contribution in [2.45, 2.75) is 26.9 Å². The minimum absolute atomic E-state index is 0.126. The molecule has 27 heavy (non-hydrogen) atoms. The number of nitro benzene ring substituents is 1. The summed E-state index contributed by atoms with van der Waals surface area (Å²) in [5.74, 6) is -0.237. The quantitative estimate of drug-likeness (QED) is 0.540. The summed E-state index contributed by atoms with van der Waals surface area (Å²) in [6, 6.07) is 12.1. The van der Waals surface area contributed by atoms with E-state index in [4.69, 9.17) is 4.74 Å². The average molecular weight is 371 g/mol. The van der Waals surface area contributed by atoms with Gasteiger partial charge in [-0.05, 0) is 36.3 Å². The van der Waals surface area contributed by atoms with Crippen LogP contribution in [0.25, 0.3) is 0 Å². The topological polar surface area (TPSA) is 84.7 Å². The number of ether oxygens (including phenoxy) is 1. The number of benzene rings is 2. The van der Waals surface area contributed by atoms with E-state index in [-0.39, 0.29) is 22.9 Å². The van der Waals surface area contributed by atoms with Crippen molar-refractivity contribution in [3.05, 3.63) is 69.3 Å². The van der Waals surface area contributed by atoms with Crippen LogP contribution in [0.5, 0.6) is 5.75 Å². The summed E-state index contributed by atoms with van der Waals surface area (Å²) in [6.07, 6.45) is 0. The zero-order chi connectivity index (χ0) is 19.8. The molecule has 0 fully saturated rings. The Morgan fingerprint density at radius 1 is 1.15 bits per heavy atom. The minimum atomic E-state index is -0.561. The first-order valence-electron chi connectivity index (χ1n) is 8.89. The molecular weight excluding hydrogens is 346 g/mol. The fourth-order valence-electron chi connectivity index (χ4n) is 2.82. The Kier molecular flexibility index (Phi) is 7.31. The molecule has 0 aliphatic carbocycles. The van der Waals surface area contributed by atoms with Crippen LogP contribution >= 0.6 is 0 Å². The molecule has 0 spiro atoms. The monoisotopic (exact) mass is 371 g/mol. The lowest BCUT2D eigenvalue weighted by Gasteiger charge is -2.20. The molecule has 0 unspecified atom stereocenters. The van der Waals surface area contributed by atoms with Gasteiger partial charge in [0.15, 0.2) is 5.75 Å². The SMILES string of the molecule is CCN(CC)Cc1ccccc1CNC(=O)c1ccc(OC)c([N+](=O)[O-])c1. The van der Waals surface area contributed by atoms with Gasteiger partial charge in [-0.15, -0.1) is 0 Å². The molecule has 0 heterocycles. The molecule has 0 aliphatic rings. The normalized spacial score (nSPS) is 10.7. The van der Waals surface area contributed by atoms with Crippen LogP contribution in [0.15, 0.2) is 42.5 Å². The van der Waals surface area contributed by atoms with Gasteiger partial charge in [-0.3, -0.25) is 19.8 Å². The molecule has 0 saturated carbocycles. The number of nitro groups is 1. The van der Waals surface area contributed by atoms with E-state index in [0.717, 1.165) is 30.8 Å². The van der Waals surface area contributed by atoms with Gasteiger partial charge in [0, 0.05) is 24.7 Å². The largest absolute Gasteiger partial charge is 0.490 e. The van der Waals surface area contributed by atoms with Crippen LogP contribution in [-0.2, 0) is 13.1 Å². The third-order valence-corrected chi connectivity index (χ3v) is 4.48. The molecule has 144 valence electrons. The number of rotatable bonds is 9. The molecule has 0 atom stereocenters. The summed E-state index contributed by atoms with van der Waals surface area (Å²) in [7, 11) is 1.36. The molecule has 1 amide bonds. The first-order valence-corrected chi connectivity index (χ1v) is 8.89. The number of amides is 1. The van der Waals surface area contributed by atoms with E-state index >= 15 is 0 Å². The fraction of sp³-hybridized carbons (Fsp3) is 0.350. The van der Waals surface area contributed by atoms with Crippen molar-refractivity contribution in [1.82, 2.24) is 10.2 Å². The van der Waals surface area contributed by atoms with Crippen LogP contribution in [-0.4, -0.2) is 35.9 Å². The highest BCUT2D eigenvalue weighted by Crippen LogP contribution is 2.27. The number of carbonyl (C=O) groups excluding carboxylic acids is 1. The van der Waals surface area contributed by atoms with Crippen molar-refractivity contribution in [3.8, 4) is 5.75 Å². The van der Waals surface area contributed by atoms with Gasteiger partial charge < -0.3 is 10.1 Å². The van der Waals surface area contributed by atoms with Crippen LogP contribution in [0.4, 0.5) is 5.69 Å². The van der Waals surface area contributed by atoms with Crippen molar-refractivity contribution < 1.29 is 14.5 Å². The minimum Gasteiger partial charge on any atom is -0.490 e. The van der Waals surface area contributed by atoms with Crippen molar-refractivity contribution >= 4 is 11.6 Å². The first-order chi connectivity index (χ1) is 13.0. The van der Waals surface area contributed by atoms with E-state index in [9.17, 15) is 14.9 Å². The predicted octanol–water partition coefficient (Wildman–Crippen LogP) is 3.38. The van der Waals surface area contributed by atoms with Gasteiger partial charge in [0.1, 0.15) is 0 Å². The highest BCUT2D eigenvalue weighted by atomic mass is 16.6. The third-order valence-electron chi connectivity index (χ3n) is 4.48. The van der Waals surface area contributed by atoms with E-state index in [1.54, 1.807) is 0 Å². The molecule has 2 rings (SSSR count). The number of nitrogens with zero attached hydrogens (tertiary/aromatic N) is 2. The molecule has 0 radical (unpaired) electrons. The van der Waals surface area contributed by atoms with Crippen molar-refractivity contribution in [2.75, 3.05) is 20.2 Å². The highest BCUT2D eigenvalue weighted by molar-refractivity contribution is 5.95. The summed E-state index contributed by atoms with van der Waals surface area (Å²) in [5.41, 5.74) is 2.18. The molecule has 2 aromatic rings. The molecule has 0 aromatic heterocycles. The number of methoxy groups -OCH3 is 1. The zero-order valence-corrected chi connectivity index (χ0v) is 15.9. The van der Waals surface area contributed by atoms with Crippen LogP contribution in [0.2, 0.25) is 0 Å². The summed E-state index contributed by atoms with van der Waals surface area (Å²) >= 11 is 0. The van der Waals surface area contributed by atoms with Gasteiger partial charge in [0.25, 0.3) is 5.91 Å². The second-order valence-corrected chi connectivity index (χ2v) is 6.06. The van der Waals surface area contributed by atoms with E-state index in [1.807, 2.05) is 18.2 Å². The lowest BCUT2D eigenvalue weighted by atomic mass is 10.1. The third kappa shape index (κ3) is 5.27.